The molecule has 3 heteroatoms. The lowest BCUT2D eigenvalue weighted by atomic mass is 10.2. The van der Waals surface area contributed by atoms with Crippen LogP contribution in [0.25, 0.3) is 0 Å². The van der Waals surface area contributed by atoms with Crippen LogP contribution in [0.2, 0.25) is 0 Å². The van der Waals surface area contributed by atoms with Gasteiger partial charge in [-0.1, -0.05) is 6.08 Å². The van der Waals surface area contributed by atoms with Crippen molar-refractivity contribution >= 4 is 12.3 Å². The van der Waals surface area contributed by atoms with E-state index in [0.717, 1.165) is 5.57 Å². The molecule has 0 aromatic rings. The van der Waals surface area contributed by atoms with Crippen LogP contribution in [0.4, 0.5) is 4.79 Å². The zero-order valence-corrected chi connectivity index (χ0v) is 8.92. The van der Waals surface area contributed by atoms with Gasteiger partial charge >= 0.3 is 6.09 Å². The highest BCUT2D eigenvalue weighted by atomic mass is 16.6. The Hall–Kier alpha value is -1.12. The zero-order valence-electron chi connectivity index (χ0n) is 8.92. The Balaban J connectivity index is 4.10. The second kappa shape index (κ2) is 4.80. The van der Waals surface area contributed by atoms with E-state index in [2.05, 4.69) is 4.99 Å². The number of amides is 1. The molecule has 3 nitrogen and oxygen atoms in total. The average molecular weight is 183 g/mol. The number of allylic oxidation sites excluding steroid dienone is 2. The number of nitrogens with zero attached hydrogens (tertiary/aromatic N) is 1. The molecule has 0 saturated heterocycles. The summed E-state index contributed by atoms with van der Waals surface area (Å²) in [6.07, 6.45) is 2.82. The van der Waals surface area contributed by atoms with Gasteiger partial charge in [-0.3, -0.25) is 0 Å². The lowest BCUT2D eigenvalue weighted by Gasteiger charge is -2.17. The lowest BCUT2D eigenvalue weighted by Crippen LogP contribution is -2.21. The van der Waals surface area contributed by atoms with Gasteiger partial charge in [0.15, 0.2) is 0 Å². The lowest BCUT2D eigenvalue weighted by molar-refractivity contribution is 0.0605. The largest absolute Gasteiger partial charge is 0.442 e. The van der Waals surface area contributed by atoms with Crippen molar-refractivity contribution < 1.29 is 9.53 Å². The second-order valence-corrected chi connectivity index (χ2v) is 3.77. The van der Waals surface area contributed by atoms with Crippen LogP contribution >= 0.6 is 0 Å². The van der Waals surface area contributed by atoms with Gasteiger partial charge in [-0.25, -0.2) is 4.79 Å². The van der Waals surface area contributed by atoms with Gasteiger partial charge in [-0.2, -0.15) is 4.99 Å². The molecule has 74 valence electrons. The first kappa shape index (κ1) is 11.9. The summed E-state index contributed by atoms with van der Waals surface area (Å²) in [5.74, 6) is 0. The Morgan fingerprint density at radius 1 is 1.38 bits per heavy atom. The smallest absolute Gasteiger partial charge is 0.434 e. The first-order valence-corrected chi connectivity index (χ1v) is 4.25. The number of carbonyl (C=O) groups is 1. The number of hydrogen-bond donors (Lipinski definition) is 0. The summed E-state index contributed by atoms with van der Waals surface area (Å²) in [5.41, 5.74) is 0.462. The number of hydrogen-bond acceptors (Lipinski definition) is 2. The molecule has 0 aliphatic rings. The number of carbonyl (C=O) groups excluding carboxylic acids is 1. The minimum Gasteiger partial charge on any atom is -0.442 e. The highest BCUT2D eigenvalue weighted by Gasteiger charge is 2.14. The van der Waals surface area contributed by atoms with E-state index >= 15 is 0 Å². The minimum atomic E-state index is -0.548. The Morgan fingerprint density at radius 3 is 2.31 bits per heavy atom. The number of rotatable bonds is 1. The van der Waals surface area contributed by atoms with E-state index < -0.39 is 11.7 Å². The maximum Gasteiger partial charge on any atom is 0.434 e. The van der Waals surface area contributed by atoms with E-state index in [1.54, 1.807) is 0 Å². The third-order valence-electron chi connectivity index (χ3n) is 1.22. The fraction of sp³-hybridized carbons (Fsp3) is 0.600. The number of aliphatic imine (C=N–C) groups is 1. The van der Waals surface area contributed by atoms with Gasteiger partial charge in [0.25, 0.3) is 0 Å². The van der Waals surface area contributed by atoms with Crippen molar-refractivity contribution in [1.82, 2.24) is 0 Å². The van der Waals surface area contributed by atoms with E-state index in [-0.39, 0.29) is 0 Å². The fourth-order valence-electron chi connectivity index (χ4n) is 0.517. The van der Waals surface area contributed by atoms with Crippen LogP contribution in [0.15, 0.2) is 16.6 Å². The van der Waals surface area contributed by atoms with Gasteiger partial charge in [0.05, 0.1) is 0 Å². The molecule has 13 heavy (non-hydrogen) atoms. The quantitative estimate of drug-likeness (QED) is 0.586. The maximum absolute atomic E-state index is 11.0. The summed E-state index contributed by atoms with van der Waals surface area (Å²) in [7, 11) is 0. The molecule has 0 atom stereocenters. The molecule has 0 rings (SSSR count). The topological polar surface area (TPSA) is 38.7 Å². The molecular formula is C10H17NO2. The minimum absolute atomic E-state index is 0.474. The average Bonchev–Trinajstić information content (AvgIpc) is 1.97. The second-order valence-electron chi connectivity index (χ2n) is 3.77. The first-order valence-electron chi connectivity index (χ1n) is 4.25. The normalized spacial score (nSPS) is 13.5. The standard InChI is InChI=1S/C10H17NO2/c1-6-8(2)7-11-9(12)13-10(3,4)5/h6-7H,1-5H3/b8-6+,11-7+. The van der Waals surface area contributed by atoms with Crippen LogP contribution in [-0.2, 0) is 4.74 Å². The van der Waals surface area contributed by atoms with E-state index in [9.17, 15) is 4.79 Å². The van der Waals surface area contributed by atoms with Crippen molar-refractivity contribution in [3.05, 3.63) is 11.6 Å². The van der Waals surface area contributed by atoms with Crippen LogP contribution in [0.5, 0.6) is 0 Å². The summed E-state index contributed by atoms with van der Waals surface area (Å²) in [4.78, 5) is 14.7. The molecule has 0 saturated carbocycles. The van der Waals surface area contributed by atoms with Crippen LogP contribution in [0.1, 0.15) is 34.6 Å². The summed E-state index contributed by atoms with van der Waals surface area (Å²) >= 11 is 0. The molecule has 0 aromatic heterocycles. The van der Waals surface area contributed by atoms with Gasteiger partial charge in [-0.05, 0) is 40.2 Å². The van der Waals surface area contributed by atoms with Crippen LogP contribution in [-0.4, -0.2) is 17.9 Å². The predicted molar refractivity (Wildman–Crippen MR) is 54.2 cm³/mol. The van der Waals surface area contributed by atoms with Gasteiger partial charge < -0.3 is 4.74 Å². The van der Waals surface area contributed by atoms with Crippen molar-refractivity contribution in [1.29, 1.82) is 0 Å². The van der Waals surface area contributed by atoms with E-state index in [0.29, 0.717) is 0 Å². The van der Waals surface area contributed by atoms with Gasteiger partial charge in [0.1, 0.15) is 5.60 Å². The van der Waals surface area contributed by atoms with Gasteiger partial charge in [-0.15, -0.1) is 0 Å². The molecular weight excluding hydrogens is 166 g/mol. The van der Waals surface area contributed by atoms with Crippen molar-refractivity contribution in [2.24, 2.45) is 4.99 Å². The van der Waals surface area contributed by atoms with Crippen molar-refractivity contribution in [3.8, 4) is 0 Å². The summed E-state index contributed by atoms with van der Waals surface area (Å²) in [6.45, 7) is 9.18. The van der Waals surface area contributed by atoms with E-state index in [1.165, 1.54) is 6.21 Å². The van der Waals surface area contributed by atoms with Crippen LogP contribution in [0, 0.1) is 0 Å². The SMILES string of the molecule is C/C=C(C)/C=N/C(=O)OC(C)(C)C. The van der Waals surface area contributed by atoms with Crippen molar-refractivity contribution in [3.63, 3.8) is 0 Å². The molecule has 0 unspecified atom stereocenters. The molecule has 0 radical (unpaired) electrons. The van der Waals surface area contributed by atoms with Crippen LogP contribution < -0.4 is 0 Å². The fourth-order valence-corrected chi connectivity index (χ4v) is 0.517. The van der Waals surface area contributed by atoms with E-state index in [1.807, 2.05) is 40.7 Å². The molecule has 0 fully saturated rings. The number of ether oxygens (including phenoxy) is 1. The molecule has 0 spiro atoms. The Bertz CT molecular complexity index is 234. The highest BCUT2D eigenvalue weighted by Crippen LogP contribution is 2.07. The van der Waals surface area contributed by atoms with Gasteiger partial charge in [0.2, 0.25) is 0 Å². The van der Waals surface area contributed by atoms with Crippen LogP contribution in [0.3, 0.4) is 0 Å². The summed E-state index contributed by atoms with van der Waals surface area (Å²) in [5, 5.41) is 0. The highest BCUT2D eigenvalue weighted by molar-refractivity contribution is 5.87. The molecule has 0 aliphatic carbocycles. The molecule has 0 heterocycles. The van der Waals surface area contributed by atoms with Crippen molar-refractivity contribution in [2.45, 2.75) is 40.2 Å². The Kier molecular flexibility index (Phi) is 4.38. The Morgan fingerprint density at radius 2 is 1.92 bits per heavy atom. The monoisotopic (exact) mass is 183 g/mol. The summed E-state index contributed by atoms with van der Waals surface area (Å²) < 4.78 is 4.97. The third kappa shape index (κ3) is 7.25. The predicted octanol–water partition coefficient (Wildman–Crippen LogP) is 2.96. The Labute approximate surface area is 79.5 Å². The molecule has 0 N–H and O–H groups in total. The molecule has 1 amide bonds. The third-order valence-corrected chi connectivity index (χ3v) is 1.22. The van der Waals surface area contributed by atoms with Gasteiger partial charge in [0, 0.05) is 6.21 Å². The van der Waals surface area contributed by atoms with Crippen molar-refractivity contribution in [2.75, 3.05) is 0 Å². The first-order chi connectivity index (χ1) is 5.85. The molecule has 0 bridgehead atoms. The molecule has 0 aromatic carbocycles. The molecule has 0 aliphatic heterocycles. The van der Waals surface area contributed by atoms with E-state index in [4.69, 9.17) is 4.74 Å². The summed E-state index contributed by atoms with van der Waals surface area (Å²) in [6, 6.07) is 0. The zero-order chi connectivity index (χ0) is 10.5. The maximum atomic E-state index is 11.0.